The maximum Gasteiger partial charge on any atom is 0.208 e. The van der Waals surface area contributed by atoms with E-state index in [0.717, 1.165) is 5.52 Å². The first kappa shape index (κ1) is 10.0. The van der Waals surface area contributed by atoms with E-state index in [9.17, 15) is 4.39 Å². The molecule has 1 aromatic carbocycles. The maximum atomic E-state index is 13.7. The van der Waals surface area contributed by atoms with Crippen molar-refractivity contribution in [2.45, 2.75) is 6.54 Å². The minimum atomic E-state index is -0.288. The van der Waals surface area contributed by atoms with Gasteiger partial charge in [0.2, 0.25) is 5.89 Å². The SMILES string of the molecule is NCc1ncc(-c2c[nH]c3cccc(F)c23)o1. The third-order valence-electron chi connectivity index (χ3n) is 2.65. The molecule has 0 unspecified atom stereocenters. The van der Waals surface area contributed by atoms with Crippen molar-refractivity contribution >= 4 is 10.9 Å². The number of H-pyrrole nitrogens is 1. The molecular formula is C12H10FN3O. The zero-order chi connectivity index (χ0) is 11.8. The van der Waals surface area contributed by atoms with Gasteiger partial charge in [-0.25, -0.2) is 9.37 Å². The number of aromatic nitrogens is 2. The monoisotopic (exact) mass is 231 g/mol. The lowest BCUT2D eigenvalue weighted by molar-refractivity contribution is 0.510. The third kappa shape index (κ3) is 1.52. The van der Waals surface area contributed by atoms with Gasteiger partial charge in [-0.05, 0) is 12.1 Å². The van der Waals surface area contributed by atoms with Crippen LogP contribution < -0.4 is 5.73 Å². The molecule has 3 rings (SSSR count). The van der Waals surface area contributed by atoms with Gasteiger partial charge in [-0.2, -0.15) is 0 Å². The second-order valence-corrected chi connectivity index (χ2v) is 3.69. The van der Waals surface area contributed by atoms with Crippen molar-refractivity contribution in [3.8, 4) is 11.3 Å². The largest absolute Gasteiger partial charge is 0.439 e. The van der Waals surface area contributed by atoms with Crippen molar-refractivity contribution in [2.75, 3.05) is 0 Å². The van der Waals surface area contributed by atoms with E-state index in [1.807, 2.05) is 6.07 Å². The standard InChI is InChI=1S/C12H10FN3O/c13-8-2-1-3-9-12(8)7(5-15-9)10-6-16-11(4-14)17-10/h1-3,5-6,15H,4,14H2. The van der Waals surface area contributed by atoms with E-state index in [4.69, 9.17) is 10.2 Å². The van der Waals surface area contributed by atoms with E-state index in [0.29, 0.717) is 22.6 Å². The maximum absolute atomic E-state index is 13.7. The molecule has 0 aliphatic rings. The van der Waals surface area contributed by atoms with Crippen LogP contribution in [0.1, 0.15) is 5.89 Å². The summed E-state index contributed by atoms with van der Waals surface area (Å²) in [7, 11) is 0. The summed E-state index contributed by atoms with van der Waals surface area (Å²) in [5.74, 6) is 0.664. The molecule has 0 saturated heterocycles. The minimum Gasteiger partial charge on any atom is -0.439 e. The Labute approximate surface area is 96.3 Å². The number of nitrogens with zero attached hydrogens (tertiary/aromatic N) is 1. The first-order valence-corrected chi connectivity index (χ1v) is 5.20. The molecule has 5 heteroatoms. The van der Waals surface area contributed by atoms with E-state index in [1.54, 1.807) is 18.5 Å². The predicted octanol–water partition coefficient (Wildman–Crippen LogP) is 2.42. The Bertz CT molecular complexity index is 671. The predicted molar refractivity (Wildman–Crippen MR) is 61.6 cm³/mol. The third-order valence-corrected chi connectivity index (χ3v) is 2.65. The molecule has 4 nitrogen and oxygen atoms in total. The van der Waals surface area contributed by atoms with E-state index in [1.165, 1.54) is 6.07 Å². The van der Waals surface area contributed by atoms with E-state index >= 15 is 0 Å². The Morgan fingerprint density at radius 3 is 3.06 bits per heavy atom. The Balaban J connectivity index is 2.23. The van der Waals surface area contributed by atoms with Gasteiger partial charge in [-0.1, -0.05) is 6.07 Å². The summed E-state index contributed by atoms with van der Waals surface area (Å²) in [6, 6.07) is 4.88. The van der Waals surface area contributed by atoms with Crippen molar-refractivity contribution < 1.29 is 8.81 Å². The lowest BCUT2D eigenvalue weighted by Crippen LogP contribution is -1.94. The Hall–Kier alpha value is -2.14. The number of halogens is 1. The first-order chi connectivity index (χ1) is 8.29. The molecule has 0 fully saturated rings. The summed E-state index contributed by atoms with van der Waals surface area (Å²) < 4.78 is 19.2. The highest BCUT2D eigenvalue weighted by Crippen LogP contribution is 2.30. The van der Waals surface area contributed by atoms with Crippen LogP contribution in [0.3, 0.4) is 0 Å². The van der Waals surface area contributed by atoms with Crippen LogP contribution in [0, 0.1) is 5.82 Å². The summed E-state index contributed by atoms with van der Waals surface area (Å²) in [4.78, 5) is 6.99. The molecule has 3 N–H and O–H groups in total. The highest BCUT2D eigenvalue weighted by molar-refractivity contribution is 5.94. The number of oxazole rings is 1. The van der Waals surface area contributed by atoms with Gasteiger partial charge in [0.25, 0.3) is 0 Å². The van der Waals surface area contributed by atoms with Crippen LogP contribution in [0.25, 0.3) is 22.2 Å². The van der Waals surface area contributed by atoms with E-state index < -0.39 is 0 Å². The normalized spacial score (nSPS) is 11.2. The molecule has 17 heavy (non-hydrogen) atoms. The van der Waals surface area contributed by atoms with Crippen LogP contribution >= 0.6 is 0 Å². The Morgan fingerprint density at radius 2 is 2.29 bits per heavy atom. The molecule has 0 saturated carbocycles. The van der Waals surface area contributed by atoms with Crippen LogP contribution in [0.15, 0.2) is 35.0 Å². The number of hydrogen-bond acceptors (Lipinski definition) is 3. The first-order valence-electron chi connectivity index (χ1n) is 5.20. The summed E-state index contributed by atoms with van der Waals surface area (Å²) >= 11 is 0. The van der Waals surface area contributed by atoms with Gasteiger partial charge in [0.05, 0.1) is 12.7 Å². The number of hydrogen-bond donors (Lipinski definition) is 2. The highest BCUT2D eigenvalue weighted by atomic mass is 19.1. The number of fused-ring (bicyclic) bond motifs is 1. The molecule has 3 aromatic rings. The number of nitrogens with two attached hydrogens (primary N) is 1. The molecule has 0 amide bonds. The fourth-order valence-electron chi connectivity index (χ4n) is 1.86. The van der Waals surface area contributed by atoms with E-state index in [-0.39, 0.29) is 12.4 Å². The molecule has 0 bridgehead atoms. The molecule has 0 spiro atoms. The van der Waals surface area contributed by atoms with Gasteiger partial charge in [0, 0.05) is 22.7 Å². The average molecular weight is 231 g/mol. The summed E-state index contributed by atoms with van der Waals surface area (Å²) in [6.07, 6.45) is 3.26. The average Bonchev–Trinajstić information content (AvgIpc) is 2.94. The van der Waals surface area contributed by atoms with Crippen LogP contribution in [0.5, 0.6) is 0 Å². The summed E-state index contributed by atoms with van der Waals surface area (Å²) in [5, 5.41) is 0.507. The molecule has 2 aromatic heterocycles. The quantitative estimate of drug-likeness (QED) is 0.711. The lowest BCUT2D eigenvalue weighted by Gasteiger charge is -1.95. The van der Waals surface area contributed by atoms with Crippen molar-refractivity contribution in [3.05, 3.63) is 42.3 Å². The molecule has 2 heterocycles. The van der Waals surface area contributed by atoms with Gasteiger partial charge in [0.15, 0.2) is 5.76 Å². The van der Waals surface area contributed by atoms with Crippen molar-refractivity contribution in [1.29, 1.82) is 0 Å². The lowest BCUT2D eigenvalue weighted by atomic mass is 10.1. The number of aromatic amines is 1. The molecular weight excluding hydrogens is 221 g/mol. The second-order valence-electron chi connectivity index (χ2n) is 3.69. The molecule has 0 atom stereocenters. The molecule has 0 aliphatic heterocycles. The number of nitrogens with one attached hydrogen (secondary N) is 1. The minimum absolute atomic E-state index is 0.227. The summed E-state index contributed by atoms with van der Waals surface area (Å²) in [6.45, 7) is 0.227. The smallest absolute Gasteiger partial charge is 0.208 e. The van der Waals surface area contributed by atoms with Gasteiger partial charge in [-0.15, -0.1) is 0 Å². The van der Waals surface area contributed by atoms with Gasteiger partial charge >= 0.3 is 0 Å². The highest BCUT2D eigenvalue weighted by Gasteiger charge is 2.13. The van der Waals surface area contributed by atoms with Crippen LogP contribution in [0.4, 0.5) is 4.39 Å². The molecule has 86 valence electrons. The fraction of sp³-hybridized carbons (Fsp3) is 0.0833. The van der Waals surface area contributed by atoms with Gasteiger partial charge in [-0.3, -0.25) is 0 Å². The fourth-order valence-corrected chi connectivity index (χ4v) is 1.86. The Kier molecular flexibility index (Phi) is 2.19. The molecule has 0 radical (unpaired) electrons. The zero-order valence-electron chi connectivity index (χ0n) is 8.90. The van der Waals surface area contributed by atoms with Crippen molar-refractivity contribution in [3.63, 3.8) is 0 Å². The van der Waals surface area contributed by atoms with Crippen LogP contribution in [0.2, 0.25) is 0 Å². The van der Waals surface area contributed by atoms with Crippen molar-refractivity contribution in [1.82, 2.24) is 9.97 Å². The molecule has 0 aliphatic carbocycles. The zero-order valence-corrected chi connectivity index (χ0v) is 8.90. The van der Waals surface area contributed by atoms with Gasteiger partial charge in [0.1, 0.15) is 5.82 Å². The second kappa shape index (κ2) is 3.71. The van der Waals surface area contributed by atoms with Crippen molar-refractivity contribution in [2.24, 2.45) is 5.73 Å². The number of benzene rings is 1. The Morgan fingerprint density at radius 1 is 1.41 bits per heavy atom. The van der Waals surface area contributed by atoms with Crippen LogP contribution in [-0.4, -0.2) is 9.97 Å². The van der Waals surface area contributed by atoms with Gasteiger partial charge < -0.3 is 15.1 Å². The topological polar surface area (TPSA) is 67.8 Å². The summed E-state index contributed by atoms with van der Waals surface area (Å²) in [5.41, 5.74) is 6.81. The van der Waals surface area contributed by atoms with E-state index in [2.05, 4.69) is 9.97 Å². The van der Waals surface area contributed by atoms with Crippen LogP contribution in [-0.2, 0) is 6.54 Å². The number of rotatable bonds is 2.